The van der Waals surface area contributed by atoms with E-state index in [2.05, 4.69) is 10.2 Å². The minimum absolute atomic E-state index is 0.0651. The monoisotopic (exact) mass is 368 g/mol. The van der Waals surface area contributed by atoms with Gasteiger partial charge in [0, 0.05) is 11.8 Å². The first kappa shape index (κ1) is 17.7. The average molecular weight is 368 g/mol. The third kappa shape index (κ3) is 3.42. The van der Waals surface area contributed by atoms with Gasteiger partial charge in [-0.05, 0) is 50.3 Å². The molecule has 0 unspecified atom stereocenters. The van der Waals surface area contributed by atoms with Crippen molar-refractivity contribution in [2.45, 2.75) is 13.8 Å². The fourth-order valence-corrected chi connectivity index (χ4v) is 3.22. The number of carbonyl (C=O) groups excluding carboxylic acids is 1. The van der Waals surface area contributed by atoms with E-state index < -0.39 is 0 Å². The van der Waals surface area contributed by atoms with Gasteiger partial charge in [-0.1, -0.05) is 36.4 Å². The Hall–Kier alpha value is -3.73. The van der Waals surface area contributed by atoms with Crippen LogP contribution >= 0.6 is 0 Å². The maximum absolute atomic E-state index is 12.8. The van der Waals surface area contributed by atoms with Crippen LogP contribution in [-0.2, 0) is 0 Å². The summed E-state index contributed by atoms with van der Waals surface area (Å²) < 4.78 is 3.60. The maximum Gasteiger partial charge on any atom is 0.189 e. The fraction of sp³-hybridized carbons (Fsp3) is 0.0870. The SMILES string of the molecule is Cc1nn(-c2ccccc2)c(C)c1C(=O)/C=C/c1cnn(-c2ccccc2)c1. The largest absolute Gasteiger partial charge is 0.289 e. The lowest BCUT2D eigenvalue weighted by Crippen LogP contribution is -2.01. The Morgan fingerprint density at radius 2 is 1.57 bits per heavy atom. The van der Waals surface area contributed by atoms with Gasteiger partial charge in [-0.2, -0.15) is 10.2 Å². The van der Waals surface area contributed by atoms with Gasteiger partial charge in [0.1, 0.15) is 0 Å². The summed E-state index contributed by atoms with van der Waals surface area (Å²) in [7, 11) is 0. The molecule has 0 bridgehead atoms. The highest BCUT2D eigenvalue weighted by Crippen LogP contribution is 2.19. The number of allylic oxidation sites excluding steroid dienone is 1. The van der Waals surface area contributed by atoms with Crippen LogP contribution in [0.15, 0.2) is 79.1 Å². The molecule has 0 saturated carbocycles. The molecule has 0 atom stereocenters. The molecule has 0 spiro atoms. The lowest BCUT2D eigenvalue weighted by atomic mass is 10.1. The lowest BCUT2D eigenvalue weighted by molar-refractivity contribution is 0.104. The molecule has 0 aliphatic rings. The number of nitrogens with zero attached hydrogens (tertiary/aromatic N) is 4. The maximum atomic E-state index is 12.8. The summed E-state index contributed by atoms with van der Waals surface area (Å²) in [6, 6.07) is 19.7. The van der Waals surface area contributed by atoms with Crippen LogP contribution in [0.3, 0.4) is 0 Å². The number of ketones is 1. The molecule has 4 rings (SSSR count). The number of carbonyl (C=O) groups is 1. The van der Waals surface area contributed by atoms with E-state index in [1.807, 2.05) is 85.4 Å². The number of hydrogen-bond donors (Lipinski definition) is 0. The number of aryl methyl sites for hydroxylation is 1. The third-order valence-electron chi connectivity index (χ3n) is 4.59. The van der Waals surface area contributed by atoms with Gasteiger partial charge in [0.25, 0.3) is 0 Å². The summed E-state index contributed by atoms with van der Waals surface area (Å²) in [6.45, 7) is 3.78. The van der Waals surface area contributed by atoms with Crippen LogP contribution in [0.1, 0.15) is 27.3 Å². The molecule has 138 valence electrons. The summed E-state index contributed by atoms with van der Waals surface area (Å²) in [5, 5.41) is 8.90. The van der Waals surface area contributed by atoms with Crippen molar-refractivity contribution in [2.75, 3.05) is 0 Å². The highest BCUT2D eigenvalue weighted by Gasteiger charge is 2.17. The topological polar surface area (TPSA) is 52.7 Å². The molecule has 2 aromatic carbocycles. The van der Waals surface area contributed by atoms with Crippen LogP contribution in [0.2, 0.25) is 0 Å². The van der Waals surface area contributed by atoms with Crippen molar-refractivity contribution in [1.82, 2.24) is 19.6 Å². The molecule has 0 N–H and O–H groups in total. The Morgan fingerprint density at radius 1 is 0.929 bits per heavy atom. The first-order valence-corrected chi connectivity index (χ1v) is 9.07. The van der Waals surface area contributed by atoms with E-state index in [1.54, 1.807) is 23.0 Å². The van der Waals surface area contributed by atoms with Crippen molar-refractivity contribution < 1.29 is 4.79 Å². The molecule has 0 radical (unpaired) electrons. The Kier molecular flexibility index (Phi) is 4.72. The number of rotatable bonds is 5. The summed E-state index contributed by atoms with van der Waals surface area (Å²) in [4.78, 5) is 12.8. The first-order chi connectivity index (χ1) is 13.6. The number of para-hydroxylation sites is 2. The van der Waals surface area contributed by atoms with Gasteiger partial charge in [0.05, 0.1) is 34.5 Å². The molecule has 2 aromatic heterocycles. The second-order valence-electron chi connectivity index (χ2n) is 6.54. The zero-order valence-corrected chi connectivity index (χ0v) is 15.8. The van der Waals surface area contributed by atoms with E-state index in [1.165, 1.54) is 0 Å². The molecular weight excluding hydrogens is 348 g/mol. The lowest BCUT2D eigenvalue weighted by Gasteiger charge is -2.03. The molecule has 2 heterocycles. The molecule has 0 aliphatic heterocycles. The number of benzene rings is 2. The van der Waals surface area contributed by atoms with Gasteiger partial charge >= 0.3 is 0 Å². The van der Waals surface area contributed by atoms with Gasteiger partial charge in [-0.15, -0.1) is 0 Å². The molecule has 28 heavy (non-hydrogen) atoms. The van der Waals surface area contributed by atoms with E-state index in [-0.39, 0.29) is 5.78 Å². The molecule has 0 fully saturated rings. The van der Waals surface area contributed by atoms with Gasteiger partial charge in [-0.25, -0.2) is 9.36 Å². The predicted octanol–water partition coefficient (Wildman–Crippen LogP) is 4.57. The molecule has 0 amide bonds. The van der Waals surface area contributed by atoms with E-state index in [9.17, 15) is 4.79 Å². The second kappa shape index (κ2) is 7.48. The van der Waals surface area contributed by atoms with Crippen LogP contribution in [0.4, 0.5) is 0 Å². The summed E-state index contributed by atoms with van der Waals surface area (Å²) in [5.41, 5.74) is 4.97. The highest BCUT2D eigenvalue weighted by molar-refractivity contribution is 6.08. The summed E-state index contributed by atoms with van der Waals surface area (Å²) in [6.07, 6.45) is 7.00. The smallest absolute Gasteiger partial charge is 0.189 e. The van der Waals surface area contributed by atoms with Crippen LogP contribution in [0, 0.1) is 13.8 Å². The molecule has 0 aliphatic carbocycles. The minimum Gasteiger partial charge on any atom is -0.289 e. The van der Waals surface area contributed by atoms with Crippen molar-refractivity contribution in [1.29, 1.82) is 0 Å². The fourth-order valence-electron chi connectivity index (χ4n) is 3.22. The quantitative estimate of drug-likeness (QED) is 0.383. The van der Waals surface area contributed by atoms with Crippen molar-refractivity contribution in [2.24, 2.45) is 0 Å². The van der Waals surface area contributed by atoms with Gasteiger partial charge < -0.3 is 0 Å². The summed E-state index contributed by atoms with van der Waals surface area (Å²) >= 11 is 0. The minimum atomic E-state index is -0.0651. The predicted molar refractivity (Wildman–Crippen MR) is 110 cm³/mol. The number of hydrogen-bond acceptors (Lipinski definition) is 3. The average Bonchev–Trinajstić information content (AvgIpc) is 3.32. The van der Waals surface area contributed by atoms with Crippen LogP contribution in [-0.4, -0.2) is 25.3 Å². The zero-order valence-electron chi connectivity index (χ0n) is 15.8. The normalized spacial score (nSPS) is 11.2. The summed E-state index contributed by atoms with van der Waals surface area (Å²) in [5.74, 6) is -0.0651. The zero-order chi connectivity index (χ0) is 19.5. The second-order valence-corrected chi connectivity index (χ2v) is 6.54. The van der Waals surface area contributed by atoms with Crippen molar-refractivity contribution >= 4 is 11.9 Å². The molecule has 5 nitrogen and oxygen atoms in total. The van der Waals surface area contributed by atoms with Crippen molar-refractivity contribution in [3.63, 3.8) is 0 Å². The standard InChI is InChI=1S/C23H20N4O/c1-17-23(18(2)27(25-17)21-11-7-4-8-12-21)22(28)14-13-19-15-24-26(16-19)20-9-5-3-6-10-20/h3-16H,1-2H3/b14-13+. The first-order valence-electron chi connectivity index (χ1n) is 9.07. The van der Waals surface area contributed by atoms with Crippen molar-refractivity contribution in [3.8, 4) is 11.4 Å². The molecule has 5 heteroatoms. The highest BCUT2D eigenvalue weighted by atomic mass is 16.1. The third-order valence-corrected chi connectivity index (χ3v) is 4.59. The Labute approximate surface area is 163 Å². The van der Waals surface area contributed by atoms with Gasteiger partial charge in [0.2, 0.25) is 0 Å². The van der Waals surface area contributed by atoms with E-state index >= 15 is 0 Å². The molecular formula is C23H20N4O. The Morgan fingerprint density at radius 3 is 2.25 bits per heavy atom. The number of aromatic nitrogens is 4. The van der Waals surface area contributed by atoms with E-state index in [0.29, 0.717) is 5.56 Å². The van der Waals surface area contributed by atoms with Gasteiger partial charge in [0.15, 0.2) is 5.78 Å². The Bertz CT molecular complexity index is 1140. The van der Waals surface area contributed by atoms with Crippen LogP contribution in [0.5, 0.6) is 0 Å². The van der Waals surface area contributed by atoms with Crippen LogP contribution in [0.25, 0.3) is 17.5 Å². The van der Waals surface area contributed by atoms with Gasteiger partial charge in [-0.3, -0.25) is 4.79 Å². The molecule has 4 aromatic rings. The Balaban J connectivity index is 1.58. The van der Waals surface area contributed by atoms with Crippen molar-refractivity contribution in [3.05, 3.63) is 102 Å². The van der Waals surface area contributed by atoms with E-state index in [4.69, 9.17) is 0 Å². The molecule has 0 saturated heterocycles. The van der Waals surface area contributed by atoms with Crippen LogP contribution < -0.4 is 0 Å². The van der Waals surface area contributed by atoms with E-state index in [0.717, 1.165) is 28.3 Å².